The monoisotopic (exact) mass is 447 g/mol. The topological polar surface area (TPSA) is 4.93 Å². The summed E-state index contributed by atoms with van der Waals surface area (Å²) < 4.78 is 3.47. The van der Waals surface area contributed by atoms with E-state index in [-0.39, 0.29) is 0 Å². The molecule has 0 radical (unpaired) electrons. The molecule has 0 saturated heterocycles. The first-order valence-electron chi connectivity index (χ1n) is 10.1. The first-order valence-corrected chi connectivity index (χ1v) is 10.9. The van der Waals surface area contributed by atoms with Crippen molar-refractivity contribution in [1.82, 2.24) is 4.57 Å². The molecule has 0 saturated carbocycles. The largest absolute Gasteiger partial charge is 0.309 e. The molecule has 0 N–H and O–H groups in total. The number of aromatic nitrogens is 1. The molecule has 1 heterocycles. The fourth-order valence-corrected chi connectivity index (χ4v) is 4.87. The number of hydrogen-bond acceptors (Lipinski definition) is 0. The van der Waals surface area contributed by atoms with Crippen molar-refractivity contribution in [2.75, 3.05) is 0 Å². The Bertz CT molecular complexity index is 1550. The van der Waals surface area contributed by atoms with E-state index in [0.717, 1.165) is 4.47 Å². The molecule has 0 atom stereocenters. The SMILES string of the molecule is Brc1ccc2c(c1)c1ccccc1n2-c1cccc(-c2cccc3ccccc23)c1. The van der Waals surface area contributed by atoms with Crippen LogP contribution in [0.4, 0.5) is 0 Å². The van der Waals surface area contributed by atoms with E-state index >= 15 is 0 Å². The Balaban J connectivity index is 1.64. The highest BCUT2D eigenvalue weighted by atomic mass is 79.9. The van der Waals surface area contributed by atoms with Gasteiger partial charge in [0.25, 0.3) is 0 Å². The summed E-state index contributed by atoms with van der Waals surface area (Å²) in [5.41, 5.74) is 6.11. The maximum Gasteiger partial charge on any atom is 0.0541 e. The molecule has 0 fully saturated rings. The van der Waals surface area contributed by atoms with E-state index in [2.05, 4.69) is 130 Å². The van der Waals surface area contributed by atoms with Crippen molar-refractivity contribution < 1.29 is 0 Å². The van der Waals surface area contributed by atoms with E-state index < -0.39 is 0 Å². The Hall–Kier alpha value is -3.36. The minimum absolute atomic E-state index is 1.10. The third-order valence-corrected chi connectivity index (χ3v) is 6.33. The lowest BCUT2D eigenvalue weighted by Gasteiger charge is -2.12. The van der Waals surface area contributed by atoms with Crippen LogP contribution in [0.3, 0.4) is 0 Å². The van der Waals surface area contributed by atoms with Crippen LogP contribution < -0.4 is 0 Å². The van der Waals surface area contributed by atoms with Crippen molar-refractivity contribution in [3.63, 3.8) is 0 Å². The van der Waals surface area contributed by atoms with Crippen LogP contribution in [0.25, 0.3) is 49.4 Å². The van der Waals surface area contributed by atoms with Crippen LogP contribution in [0, 0.1) is 0 Å². The molecule has 0 aliphatic rings. The predicted octanol–water partition coefficient (Wildman–Crippen LogP) is 8.37. The number of fused-ring (bicyclic) bond motifs is 4. The van der Waals surface area contributed by atoms with E-state index in [4.69, 9.17) is 0 Å². The second-order valence-corrected chi connectivity index (χ2v) is 8.51. The molecule has 6 rings (SSSR count). The maximum atomic E-state index is 3.64. The summed E-state index contributed by atoms with van der Waals surface area (Å²) in [4.78, 5) is 0. The van der Waals surface area contributed by atoms with Gasteiger partial charge in [0, 0.05) is 20.9 Å². The number of hydrogen-bond donors (Lipinski definition) is 0. The zero-order valence-corrected chi connectivity index (χ0v) is 17.8. The smallest absolute Gasteiger partial charge is 0.0541 e. The Morgan fingerprint density at radius 3 is 2.20 bits per heavy atom. The van der Waals surface area contributed by atoms with Gasteiger partial charge in [-0.3, -0.25) is 0 Å². The zero-order chi connectivity index (χ0) is 20.1. The molecule has 30 heavy (non-hydrogen) atoms. The minimum atomic E-state index is 1.10. The van der Waals surface area contributed by atoms with Gasteiger partial charge in [0.05, 0.1) is 11.0 Å². The van der Waals surface area contributed by atoms with Gasteiger partial charge in [-0.05, 0) is 58.3 Å². The van der Waals surface area contributed by atoms with Crippen molar-refractivity contribution in [2.45, 2.75) is 0 Å². The van der Waals surface area contributed by atoms with Crippen molar-refractivity contribution in [3.05, 3.63) is 114 Å². The molecule has 6 aromatic rings. The van der Waals surface area contributed by atoms with E-state index in [0.29, 0.717) is 0 Å². The van der Waals surface area contributed by atoms with E-state index in [1.807, 2.05) is 0 Å². The van der Waals surface area contributed by atoms with Crippen LogP contribution >= 0.6 is 15.9 Å². The summed E-state index contributed by atoms with van der Waals surface area (Å²) in [6.45, 7) is 0. The Kier molecular flexibility index (Phi) is 4.00. The molecule has 5 aromatic carbocycles. The summed E-state index contributed by atoms with van der Waals surface area (Å²) >= 11 is 3.64. The van der Waals surface area contributed by atoms with Gasteiger partial charge in [-0.15, -0.1) is 0 Å². The number of halogens is 1. The van der Waals surface area contributed by atoms with E-state index in [9.17, 15) is 0 Å². The number of nitrogens with zero attached hydrogens (tertiary/aromatic N) is 1. The molecule has 2 heteroatoms. The van der Waals surface area contributed by atoms with Crippen molar-refractivity contribution in [1.29, 1.82) is 0 Å². The quantitative estimate of drug-likeness (QED) is 0.251. The van der Waals surface area contributed by atoms with Crippen molar-refractivity contribution >= 4 is 48.5 Å². The lowest BCUT2D eigenvalue weighted by molar-refractivity contribution is 1.18. The number of rotatable bonds is 2. The number of benzene rings is 5. The van der Waals surface area contributed by atoms with Crippen molar-refractivity contribution in [3.8, 4) is 16.8 Å². The number of para-hydroxylation sites is 1. The molecule has 0 aliphatic carbocycles. The van der Waals surface area contributed by atoms with Crippen LogP contribution in [-0.4, -0.2) is 4.57 Å². The molecule has 0 spiro atoms. The normalized spacial score (nSPS) is 11.5. The first-order chi connectivity index (χ1) is 14.8. The summed E-state index contributed by atoms with van der Waals surface area (Å²) in [5.74, 6) is 0. The van der Waals surface area contributed by atoms with Gasteiger partial charge in [-0.25, -0.2) is 0 Å². The first kappa shape index (κ1) is 17.5. The highest BCUT2D eigenvalue weighted by molar-refractivity contribution is 9.10. The molecule has 0 bridgehead atoms. The highest BCUT2D eigenvalue weighted by Crippen LogP contribution is 2.35. The second kappa shape index (κ2) is 6.86. The highest BCUT2D eigenvalue weighted by Gasteiger charge is 2.13. The summed E-state index contributed by atoms with van der Waals surface area (Å²) in [7, 11) is 0. The van der Waals surface area contributed by atoms with E-state index in [1.165, 1.54) is 49.4 Å². The van der Waals surface area contributed by atoms with Gasteiger partial charge in [-0.1, -0.05) is 88.7 Å². The molecule has 142 valence electrons. The third kappa shape index (κ3) is 2.68. The van der Waals surface area contributed by atoms with Gasteiger partial charge in [0.15, 0.2) is 0 Å². The Morgan fingerprint density at radius 1 is 0.533 bits per heavy atom. The lowest BCUT2D eigenvalue weighted by Crippen LogP contribution is -1.94. The minimum Gasteiger partial charge on any atom is -0.309 e. The molecule has 0 amide bonds. The molecule has 1 nitrogen and oxygen atoms in total. The van der Waals surface area contributed by atoms with Gasteiger partial charge in [0.2, 0.25) is 0 Å². The molecule has 0 aliphatic heterocycles. The molecular formula is C28H18BrN. The molecule has 0 unspecified atom stereocenters. The van der Waals surface area contributed by atoms with Crippen LogP contribution in [0.1, 0.15) is 0 Å². The maximum absolute atomic E-state index is 3.64. The molecular weight excluding hydrogens is 430 g/mol. The van der Waals surface area contributed by atoms with Gasteiger partial charge in [0.1, 0.15) is 0 Å². The van der Waals surface area contributed by atoms with Crippen LogP contribution in [0.15, 0.2) is 114 Å². The summed E-state index contributed by atoms with van der Waals surface area (Å²) in [6, 6.07) is 39.1. The second-order valence-electron chi connectivity index (χ2n) is 7.59. The van der Waals surface area contributed by atoms with Crippen molar-refractivity contribution in [2.24, 2.45) is 0 Å². The standard InChI is InChI=1S/C28H18BrN/c29-21-15-16-28-26(18-21)25-12-3-4-14-27(25)30(28)22-10-5-9-20(17-22)24-13-6-8-19-7-1-2-11-23(19)24/h1-18H. The predicted molar refractivity (Wildman–Crippen MR) is 131 cm³/mol. The van der Waals surface area contributed by atoms with Gasteiger partial charge < -0.3 is 4.57 Å². The average Bonchev–Trinajstić information content (AvgIpc) is 3.12. The fourth-order valence-electron chi connectivity index (χ4n) is 4.51. The summed E-state index contributed by atoms with van der Waals surface area (Å²) in [5, 5.41) is 5.07. The van der Waals surface area contributed by atoms with Crippen LogP contribution in [0.2, 0.25) is 0 Å². The van der Waals surface area contributed by atoms with E-state index in [1.54, 1.807) is 0 Å². The summed E-state index contributed by atoms with van der Waals surface area (Å²) in [6.07, 6.45) is 0. The average molecular weight is 448 g/mol. The third-order valence-electron chi connectivity index (χ3n) is 5.84. The Labute approximate surface area is 183 Å². The zero-order valence-electron chi connectivity index (χ0n) is 16.2. The van der Waals surface area contributed by atoms with Gasteiger partial charge >= 0.3 is 0 Å². The fraction of sp³-hybridized carbons (Fsp3) is 0. The lowest BCUT2D eigenvalue weighted by atomic mass is 9.98. The van der Waals surface area contributed by atoms with Gasteiger partial charge in [-0.2, -0.15) is 0 Å². The van der Waals surface area contributed by atoms with Crippen LogP contribution in [-0.2, 0) is 0 Å². The molecule has 1 aromatic heterocycles. The Morgan fingerprint density at radius 2 is 1.27 bits per heavy atom. The van der Waals surface area contributed by atoms with Crippen LogP contribution in [0.5, 0.6) is 0 Å².